The minimum absolute atomic E-state index is 0.0732. The summed E-state index contributed by atoms with van der Waals surface area (Å²) in [5, 5.41) is 7.67. The molecule has 0 bridgehead atoms. The first-order valence-corrected chi connectivity index (χ1v) is 9.52. The van der Waals surface area contributed by atoms with Gasteiger partial charge < -0.3 is 15.0 Å². The van der Waals surface area contributed by atoms with Crippen molar-refractivity contribution in [3.05, 3.63) is 82.0 Å². The second-order valence-corrected chi connectivity index (χ2v) is 7.03. The number of hydrogen-bond acceptors (Lipinski definition) is 4. The number of carbonyl (C=O) groups excluding carboxylic acids is 1. The van der Waals surface area contributed by atoms with Crippen molar-refractivity contribution < 1.29 is 9.53 Å². The molecule has 1 aliphatic rings. The highest BCUT2D eigenvalue weighted by molar-refractivity contribution is 7.08. The van der Waals surface area contributed by atoms with Crippen LogP contribution >= 0.6 is 11.3 Å². The SMILES string of the molecule is COc1ccc(CCN2C(=O)c3ccccc3N[C@H]2c2ccsc2)cc1. The van der Waals surface area contributed by atoms with Crippen molar-refractivity contribution >= 4 is 22.9 Å². The van der Waals surface area contributed by atoms with Gasteiger partial charge in [0.15, 0.2) is 0 Å². The van der Waals surface area contributed by atoms with Crippen LogP contribution in [0.3, 0.4) is 0 Å². The Morgan fingerprint density at radius 2 is 1.92 bits per heavy atom. The van der Waals surface area contributed by atoms with Gasteiger partial charge in [0.1, 0.15) is 11.9 Å². The number of nitrogens with one attached hydrogen (secondary N) is 1. The molecule has 0 saturated heterocycles. The summed E-state index contributed by atoms with van der Waals surface area (Å²) in [5.41, 5.74) is 3.93. The van der Waals surface area contributed by atoms with Crippen LogP contribution in [-0.2, 0) is 6.42 Å². The third kappa shape index (κ3) is 3.18. The monoisotopic (exact) mass is 364 g/mol. The zero-order valence-corrected chi connectivity index (χ0v) is 15.3. The van der Waals surface area contributed by atoms with E-state index in [1.165, 1.54) is 5.56 Å². The number of methoxy groups -OCH3 is 1. The number of amides is 1. The number of carbonyl (C=O) groups is 1. The Labute approximate surface area is 157 Å². The summed E-state index contributed by atoms with van der Waals surface area (Å²) >= 11 is 1.64. The van der Waals surface area contributed by atoms with Gasteiger partial charge in [0.05, 0.1) is 12.7 Å². The number of rotatable bonds is 5. The van der Waals surface area contributed by atoms with Crippen molar-refractivity contribution in [1.82, 2.24) is 4.90 Å². The third-order valence-electron chi connectivity index (χ3n) is 4.68. The van der Waals surface area contributed by atoms with Crippen molar-refractivity contribution in [2.75, 3.05) is 19.0 Å². The van der Waals surface area contributed by atoms with Gasteiger partial charge in [-0.3, -0.25) is 4.79 Å². The standard InChI is InChI=1S/C21H20N2O2S/c1-25-17-8-6-15(7-9-17)10-12-23-20(16-11-13-26-14-16)22-19-5-3-2-4-18(19)21(23)24/h2-9,11,13-14,20,22H,10,12H2,1H3/t20-/m1/s1. The summed E-state index contributed by atoms with van der Waals surface area (Å²) in [6, 6.07) is 17.8. The van der Waals surface area contributed by atoms with E-state index in [2.05, 4.69) is 16.8 Å². The topological polar surface area (TPSA) is 41.6 Å². The normalized spacial score (nSPS) is 16.1. The van der Waals surface area contributed by atoms with E-state index in [9.17, 15) is 4.79 Å². The van der Waals surface area contributed by atoms with Gasteiger partial charge >= 0.3 is 0 Å². The molecule has 4 rings (SSSR count). The second kappa shape index (κ2) is 7.22. The highest BCUT2D eigenvalue weighted by Crippen LogP contribution is 2.33. The highest BCUT2D eigenvalue weighted by Gasteiger charge is 2.32. The zero-order chi connectivity index (χ0) is 17.9. The summed E-state index contributed by atoms with van der Waals surface area (Å²) in [6.45, 7) is 0.646. The van der Waals surface area contributed by atoms with Crippen LogP contribution in [0.25, 0.3) is 0 Å². The van der Waals surface area contributed by atoms with Crippen LogP contribution in [0.15, 0.2) is 65.4 Å². The molecule has 5 heteroatoms. The lowest BCUT2D eigenvalue weighted by Crippen LogP contribution is -2.43. The predicted octanol–water partition coefficient (Wildman–Crippen LogP) is 4.57. The van der Waals surface area contributed by atoms with Gasteiger partial charge in [0.2, 0.25) is 0 Å². The molecule has 1 atom stereocenters. The largest absolute Gasteiger partial charge is 0.497 e. The number of thiophene rings is 1. The van der Waals surface area contributed by atoms with Crippen molar-refractivity contribution in [2.24, 2.45) is 0 Å². The number of ether oxygens (including phenoxy) is 1. The van der Waals surface area contributed by atoms with Gasteiger partial charge in [0, 0.05) is 17.8 Å². The summed E-state index contributed by atoms with van der Waals surface area (Å²) < 4.78 is 5.21. The highest BCUT2D eigenvalue weighted by atomic mass is 32.1. The van der Waals surface area contributed by atoms with Gasteiger partial charge in [-0.1, -0.05) is 24.3 Å². The molecule has 1 N–H and O–H groups in total. The summed E-state index contributed by atoms with van der Waals surface area (Å²) in [5.74, 6) is 0.915. The zero-order valence-electron chi connectivity index (χ0n) is 14.5. The lowest BCUT2D eigenvalue weighted by Gasteiger charge is -2.37. The number of para-hydroxylation sites is 1. The summed E-state index contributed by atoms with van der Waals surface area (Å²) in [4.78, 5) is 15.0. The van der Waals surface area contributed by atoms with E-state index < -0.39 is 0 Å². The molecule has 2 heterocycles. The van der Waals surface area contributed by atoms with E-state index in [1.54, 1.807) is 18.4 Å². The third-order valence-corrected chi connectivity index (χ3v) is 5.38. The molecular weight excluding hydrogens is 344 g/mol. The molecule has 4 nitrogen and oxygen atoms in total. The Morgan fingerprint density at radius 3 is 2.65 bits per heavy atom. The second-order valence-electron chi connectivity index (χ2n) is 6.25. The van der Waals surface area contributed by atoms with Gasteiger partial charge in [0.25, 0.3) is 5.91 Å². The Bertz CT molecular complexity index is 891. The Balaban J connectivity index is 1.59. The van der Waals surface area contributed by atoms with Crippen LogP contribution in [0, 0.1) is 0 Å². The molecule has 1 amide bonds. The van der Waals surface area contributed by atoms with Crippen LogP contribution in [0.4, 0.5) is 5.69 Å². The van der Waals surface area contributed by atoms with Crippen LogP contribution < -0.4 is 10.1 Å². The maximum Gasteiger partial charge on any atom is 0.257 e. The Kier molecular flexibility index (Phi) is 4.63. The van der Waals surface area contributed by atoms with E-state index in [4.69, 9.17) is 4.74 Å². The molecule has 0 aliphatic carbocycles. The fraction of sp³-hybridized carbons (Fsp3) is 0.190. The van der Waals surface area contributed by atoms with Crippen LogP contribution in [0.2, 0.25) is 0 Å². The predicted molar refractivity (Wildman–Crippen MR) is 105 cm³/mol. The lowest BCUT2D eigenvalue weighted by atomic mass is 10.0. The first-order valence-electron chi connectivity index (χ1n) is 8.58. The molecule has 26 heavy (non-hydrogen) atoms. The molecule has 0 saturated carbocycles. The van der Waals surface area contributed by atoms with Gasteiger partial charge in [-0.25, -0.2) is 0 Å². The average Bonchev–Trinajstić information content (AvgIpc) is 3.22. The maximum atomic E-state index is 13.1. The quantitative estimate of drug-likeness (QED) is 0.721. The molecule has 0 spiro atoms. The molecule has 3 aromatic rings. The fourth-order valence-corrected chi connectivity index (χ4v) is 3.94. The summed E-state index contributed by atoms with van der Waals surface area (Å²) in [7, 11) is 1.66. The fourth-order valence-electron chi connectivity index (χ4n) is 3.26. The molecule has 132 valence electrons. The number of nitrogens with zero attached hydrogens (tertiary/aromatic N) is 1. The number of fused-ring (bicyclic) bond motifs is 1. The van der Waals surface area contributed by atoms with E-state index in [0.717, 1.165) is 29.0 Å². The smallest absolute Gasteiger partial charge is 0.257 e. The van der Waals surface area contributed by atoms with Gasteiger partial charge in [-0.2, -0.15) is 11.3 Å². The molecular formula is C21H20N2O2S. The van der Waals surface area contributed by atoms with Crippen LogP contribution in [0.1, 0.15) is 27.7 Å². The molecule has 0 fully saturated rings. The maximum absolute atomic E-state index is 13.1. The van der Waals surface area contributed by atoms with E-state index >= 15 is 0 Å². The van der Waals surface area contributed by atoms with Crippen molar-refractivity contribution in [3.63, 3.8) is 0 Å². The summed E-state index contributed by atoms with van der Waals surface area (Å²) in [6.07, 6.45) is 0.655. The molecule has 0 radical (unpaired) electrons. The van der Waals surface area contributed by atoms with E-state index in [-0.39, 0.29) is 12.1 Å². The molecule has 1 aliphatic heterocycles. The van der Waals surface area contributed by atoms with Gasteiger partial charge in [-0.05, 0) is 53.1 Å². The molecule has 2 aromatic carbocycles. The molecule has 1 aromatic heterocycles. The Morgan fingerprint density at radius 1 is 1.12 bits per heavy atom. The Hall–Kier alpha value is -2.79. The van der Waals surface area contributed by atoms with Crippen molar-refractivity contribution in [1.29, 1.82) is 0 Å². The van der Waals surface area contributed by atoms with Crippen molar-refractivity contribution in [2.45, 2.75) is 12.6 Å². The minimum atomic E-state index is -0.137. The number of benzene rings is 2. The van der Waals surface area contributed by atoms with Crippen LogP contribution in [-0.4, -0.2) is 24.5 Å². The minimum Gasteiger partial charge on any atom is -0.497 e. The first-order chi connectivity index (χ1) is 12.8. The lowest BCUT2D eigenvalue weighted by molar-refractivity contribution is 0.0686. The molecule has 0 unspecified atom stereocenters. The number of hydrogen-bond donors (Lipinski definition) is 1. The van der Waals surface area contributed by atoms with Crippen LogP contribution in [0.5, 0.6) is 5.75 Å². The van der Waals surface area contributed by atoms with Crippen molar-refractivity contribution in [3.8, 4) is 5.75 Å². The first kappa shape index (κ1) is 16.7. The number of anilines is 1. The average molecular weight is 364 g/mol. The van der Waals surface area contributed by atoms with Gasteiger partial charge in [-0.15, -0.1) is 0 Å². The van der Waals surface area contributed by atoms with E-state index in [0.29, 0.717) is 6.54 Å². The van der Waals surface area contributed by atoms with E-state index in [1.807, 2.05) is 58.8 Å².